The van der Waals surface area contributed by atoms with Gasteiger partial charge in [0.05, 0.1) is 0 Å². The Morgan fingerprint density at radius 1 is 1.29 bits per heavy atom. The standard InChI is InChI=1S/C11H17FN2/c1-6(2)11(14)8-4-7(3)9(12)5-10(8)13/h4-6,11H,13-14H2,1-3H3/t11-/m1/s1. The molecule has 0 amide bonds. The highest BCUT2D eigenvalue weighted by Crippen LogP contribution is 2.26. The molecule has 1 rings (SSSR count). The van der Waals surface area contributed by atoms with Crippen molar-refractivity contribution in [3.8, 4) is 0 Å². The predicted octanol–water partition coefficient (Wildman–Crippen LogP) is 2.37. The van der Waals surface area contributed by atoms with E-state index in [9.17, 15) is 4.39 Å². The Morgan fingerprint density at radius 3 is 2.36 bits per heavy atom. The zero-order chi connectivity index (χ0) is 10.9. The Hall–Kier alpha value is -1.09. The van der Waals surface area contributed by atoms with Crippen LogP contribution in [0.1, 0.15) is 31.0 Å². The van der Waals surface area contributed by atoms with E-state index >= 15 is 0 Å². The second kappa shape index (κ2) is 3.96. The van der Waals surface area contributed by atoms with E-state index in [2.05, 4.69) is 0 Å². The molecule has 0 heterocycles. The fourth-order valence-electron chi connectivity index (χ4n) is 1.37. The summed E-state index contributed by atoms with van der Waals surface area (Å²) in [6, 6.07) is 2.94. The summed E-state index contributed by atoms with van der Waals surface area (Å²) in [5, 5.41) is 0. The molecule has 2 nitrogen and oxygen atoms in total. The maximum atomic E-state index is 13.1. The van der Waals surface area contributed by atoms with Crippen molar-refractivity contribution in [1.29, 1.82) is 0 Å². The molecule has 3 heteroatoms. The number of anilines is 1. The summed E-state index contributed by atoms with van der Waals surface area (Å²) in [4.78, 5) is 0. The smallest absolute Gasteiger partial charge is 0.128 e. The SMILES string of the molecule is Cc1cc([C@H](N)C(C)C)c(N)cc1F. The lowest BCUT2D eigenvalue weighted by molar-refractivity contribution is 0.513. The molecule has 1 atom stereocenters. The van der Waals surface area contributed by atoms with E-state index in [1.807, 2.05) is 13.8 Å². The second-order valence-electron chi connectivity index (χ2n) is 4.00. The van der Waals surface area contributed by atoms with Crippen molar-refractivity contribution in [3.05, 3.63) is 29.1 Å². The number of nitrogens with two attached hydrogens (primary N) is 2. The zero-order valence-electron chi connectivity index (χ0n) is 8.84. The van der Waals surface area contributed by atoms with Gasteiger partial charge in [-0.1, -0.05) is 13.8 Å². The van der Waals surface area contributed by atoms with Gasteiger partial charge in [0.2, 0.25) is 0 Å². The van der Waals surface area contributed by atoms with Crippen LogP contribution < -0.4 is 11.5 Å². The van der Waals surface area contributed by atoms with Crippen LogP contribution in [0.2, 0.25) is 0 Å². The lowest BCUT2D eigenvalue weighted by Crippen LogP contribution is -2.18. The number of aryl methyl sites for hydroxylation is 1. The number of nitrogen functional groups attached to an aromatic ring is 1. The topological polar surface area (TPSA) is 52.0 Å². The predicted molar refractivity (Wildman–Crippen MR) is 57.3 cm³/mol. The van der Waals surface area contributed by atoms with E-state index < -0.39 is 0 Å². The molecule has 0 spiro atoms. The Labute approximate surface area is 84.1 Å². The number of hydrogen-bond donors (Lipinski definition) is 2. The molecule has 1 aromatic rings. The molecule has 0 aliphatic heterocycles. The Kier molecular flexibility index (Phi) is 3.11. The number of hydrogen-bond acceptors (Lipinski definition) is 2. The van der Waals surface area contributed by atoms with Gasteiger partial charge in [0.1, 0.15) is 5.82 Å². The number of benzene rings is 1. The third-order valence-corrected chi connectivity index (χ3v) is 2.44. The second-order valence-corrected chi connectivity index (χ2v) is 4.00. The van der Waals surface area contributed by atoms with E-state index in [1.165, 1.54) is 6.07 Å². The van der Waals surface area contributed by atoms with Gasteiger partial charge < -0.3 is 11.5 Å². The van der Waals surface area contributed by atoms with Crippen LogP contribution >= 0.6 is 0 Å². The zero-order valence-corrected chi connectivity index (χ0v) is 8.84. The molecular formula is C11H17FN2. The minimum absolute atomic E-state index is 0.130. The van der Waals surface area contributed by atoms with Crippen molar-refractivity contribution >= 4 is 5.69 Å². The maximum absolute atomic E-state index is 13.1. The number of rotatable bonds is 2. The molecule has 78 valence electrons. The van der Waals surface area contributed by atoms with Crippen LogP contribution in [0, 0.1) is 18.7 Å². The fraction of sp³-hybridized carbons (Fsp3) is 0.455. The van der Waals surface area contributed by atoms with Crippen LogP contribution in [0.4, 0.5) is 10.1 Å². The quantitative estimate of drug-likeness (QED) is 0.713. The van der Waals surface area contributed by atoms with Gasteiger partial charge in [0.15, 0.2) is 0 Å². The average Bonchev–Trinajstić information content (AvgIpc) is 2.10. The van der Waals surface area contributed by atoms with Crippen molar-refractivity contribution in [3.63, 3.8) is 0 Å². The molecule has 0 saturated carbocycles. The first-order chi connectivity index (χ1) is 6.43. The van der Waals surface area contributed by atoms with E-state index in [-0.39, 0.29) is 11.9 Å². The lowest BCUT2D eigenvalue weighted by Gasteiger charge is -2.18. The molecule has 0 aliphatic rings. The van der Waals surface area contributed by atoms with E-state index in [0.717, 1.165) is 5.56 Å². The molecule has 0 radical (unpaired) electrons. The van der Waals surface area contributed by atoms with E-state index in [4.69, 9.17) is 11.5 Å². The van der Waals surface area contributed by atoms with Crippen LogP contribution in [-0.4, -0.2) is 0 Å². The molecule has 0 fully saturated rings. The highest BCUT2D eigenvalue weighted by Gasteiger charge is 2.15. The summed E-state index contributed by atoms with van der Waals surface area (Å²) in [5.74, 6) is 0.0179. The molecule has 4 N–H and O–H groups in total. The molecular weight excluding hydrogens is 179 g/mol. The third-order valence-electron chi connectivity index (χ3n) is 2.44. The first kappa shape index (κ1) is 11.0. The van der Waals surface area contributed by atoms with Gasteiger partial charge in [-0.3, -0.25) is 0 Å². The van der Waals surface area contributed by atoms with E-state index in [0.29, 0.717) is 17.2 Å². The van der Waals surface area contributed by atoms with Crippen molar-refractivity contribution in [2.75, 3.05) is 5.73 Å². The molecule has 0 bridgehead atoms. The van der Waals surface area contributed by atoms with Crippen LogP contribution in [0.25, 0.3) is 0 Å². The van der Waals surface area contributed by atoms with Crippen molar-refractivity contribution in [2.24, 2.45) is 11.7 Å². The molecule has 0 unspecified atom stereocenters. The normalized spacial score (nSPS) is 13.3. The van der Waals surface area contributed by atoms with Gasteiger partial charge >= 0.3 is 0 Å². The highest BCUT2D eigenvalue weighted by molar-refractivity contribution is 5.50. The largest absolute Gasteiger partial charge is 0.398 e. The van der Waals surface area contributed by atoms with Crippen LogP contribution in [0.15, 0.2) is 12.1 Å². The van der Waals surface area contributed by atoms with Gasteiger partial charge in [-0.2, -0.15) is 0 Å². The summed E-state index contributed by atoms with van der Waals surface area (Å²) < 4.78 is 13.1. The Bertz CT molecular complexity index is 334. The van der Waals surface area contributed by atoms with Crippen LogP contribution in [-0.2, 0) is 0 Å². The maximum Gasteiger partial charge on any atom is 0.128 e. The van der Waals surface area contributed by atoms with Crippen molar-refractivity contribution in [2.45, 2.75) is 26.8 Å². The minimum Gasteiger partial charge on any atom is -0.398 e. The summed E-state index contributed by atoms with van der Waals surface area (Å²) in [5.41, 5.74) is 13.5. The summed E-state index contributed by atoms with van der Waals surface area (Å²) in [6.45, 7) is 5.75. The van der Waals surface area contributed by atoms with Gasteiger partial charge in [-0.15, -0.1) is 0 Å². The first-order valence-electron chi connectivity index (χ1n) is 4.74. The molecule has 0 aliphatic carbocycles. The van der Waals surface area contributed by atoms with E-state index in [1.54, 1.807) is 13.0 Å². The average molecular weight is 196 g/mol. The number of halogens is 1. The van der Waals surface area contributed by atoms with Crippen molar-refractivity contribution in [1.82, 2.24) is 0 Å². The van der Waals surface area contributed by atoms with Gasteiger partial charge in [0.25, 0.3) is 0 Å². The van der Waals surface area contributed by atoms with Gasteiger partial charge in [-0.25, -0.2) is 4.39 Å². The van der Waals surface area contributed by atoms with Crippen LogP contribution in [0.5, 0.6) is 0 Å². The fourth-order valence-corrected chi connectivity index (χ4v) is 1.37. The minimum atomic E-state index is -0.276. The Morgan fingerprint density at radius 2 is 1.86 bits per heavy atom. The Balaban J connectivity index is 3.15. The first-order valence-corrected chi connectivity index (χ1v) is 4.74. The van der Waals surface area contributed by atoms with Crippen LogP contribution in [0.3, 0.4) is 0 Å². The summed E-state index contributed by atoms with van der Waals surface area (Å²) >= 11 is 0. The molecule has 0 saturated heterocycles. The molecule has 1 aromatic carbocycles. The highest BCUT2D eigenvalue weighted by atomic mass is 19.1. The third kappa shape index (κ3) is 2.04. The van der Waals surface area contributed by atoms with Crippen molar-refractivity contribution < 1.29 is 4.39 Å². The lowest BCUT2D eigenvalue weighted by atomic mass is 9.94. The summed E-state index contributed by atoms with van der Waals surface area (Å²) in [6.07, 6.45) is 0. The molecule has 14 heavy (non-hydrogen) atoms. The van der Waals surface area contributed by atoms with Gasteiger partial charge in [-0.05, 0) is 36.1 Å². The van der Waals surface area contributed by atoms with Gasteiger partial charge in [0, 0.05) is 11.7 Å². The molecule has 0 aromatic heterocycles. The monoisotopic (exact) mass is 196 g/mol. The summed E-state index contributed by atoms with van der Waals surface area (Å²) in [7, 11) is 0.